The van der Waals surface area contributed by atoms with Crippen LogP contribution in [0.2, 0.25) is 0 Å². The number of phenolic OH excluding ortho intramolecular Hbond substituents is 1. The minimum atomic E-state index is -0.169. The fourth-order valence-corrected chi connectivity index (χ4v) is 6.75. The van der Waals surface area contributed by atoms with Crippen LogP contribution in [0.25, 0.3) is 0 Å². The SMILES string of the molecule is COCC1CCCN1C(=O)c1cccc(C(=O)N2CCC3(C)c4cccc(O)c4CC2C3(C)C)c1. The molecule has 1 N–H and O–H groups in total. The molecule has 0 radical (unpaired) electrons. The highest BCUT2D eigenvalue weighted by Crippen LogP contribution is 2.57. The zero-order valence-electron chi connectivity index (χ0n) is 21.2. The van der Waals surface area contributed by atoms with E-state index in [2.05, 4.69) is 26.8 Å². The Hall–Kier alpha value is -2.86. The molecule has 0 saturated carbocycles. The Morgan fingerprint density at radius 1 is 1.03 bits per heavy atom. The molecule has 0 spiro atoms. The van der Waals surface area contributed by atoms with E-state index in [1.54, 1.807) is 25.3 Å². The van der Waals surface area contributed by atoms with Crippen molar-refractivity contribution in [1.29, 1.82) is 0 Å². The predicted octanol–water partition coefficient (Wildman–Crippen LogP) is 4.40. The minimum absolute atomic E-state index is 0.0396. The Kier molecular flexibility index (Phi) is 5.91. The Bertz CT molecular complexity index is 1160. The minimum Gasteiger partial charge on any atom is -0.508 e. The van der Waals surface area contributed by atoms with E-state index in [1.165, 1.54) is 5.56 Å². The fourth-order valence-electron chi connectivity index (χ4n) is 6.75. The van der Waals surface area contributed by atoms with Crippen molar-refractivity contribution in [2.75, 3.05) is 26.8 Å². The number of fused-ring (bicyclic) bond motifs is 4. The number of phenols is 1. The number of likely N-dealkylation sites (tertiary alicyclic amines) is 2. The average molecular weight is 477 g/mol. The first-order valence-electron chi connectivity index (χ1n) is 12.7. The van der Waals surface area contributed by atoms with Crippen molar-refractivity contribution >= 4 is 11.8 Å². The monoisotopic (exact) mass is 476 g/mol. The Balaban J connectivity index is 1.44. The lowest BCUT2D eigenvalue weighted by atomic mass is 9.51. The second-order valence-corrected chi connectivity index (χ2v) is 11.2. The van der Waals surface area contributed by atoms with Crippen LogP contribution in [0.4, 0.5) is 0 Å². The molecule has 2 saturated heterocycles. The third-order valence-corrected chi connectivity index (χ3v) is 9.24. The van der Waals surface area contributed by atoms with Crippen molar-refractivity contribution in [2.45, 2.75) is 64.0 Å². The van der Waals surface area contributed by atoms with Crippen LogP contribution in [0.5, 0.6) is 5.75 Å². The van der Waals surface area contributed by atoms with Crippen LogP contribution < -0.4 is 0 Å². The van der Waals surface area contributed by atoms with Crippen LogP contribution in [0, 0.1) is 5.41 Å². The van der Waals surface area contributed by atoms with Crippen LogP contribution >= 0.6 is 0 Å². The molecule has 2 fully saturated rings. The summed E-state index contributed by atoms with van der Waals surface area (Å²) in [7, 11) is 1.66. The second kappa shape index (κ2) is 8.66. The number of carbonyl (C=O) groups excluding carboxylic acids is 2. The van der Waals surface area contributed by atoms with E-state index in [-0.39, 0.29) is 34.7 Å². The van der Waals surface area contributed by atoms with Crippen LogP contribution in [0.1, 0.15) is 71.9 Å². The molecule has 2 amide bonds. The molecule has 6 nitrogen and oxygen atoms in total. The molecule has 35 heavy (non-hydrogen) atoms. The maximum atomic E-state index is 13.9. The summed E-state index contributed by atoms with van der Waals surface area (Å²) in [6.07, 6.45) is 3.36. The van der Waals surface area contributed by atoms with Crippen LogP contribution in [-0.4, -0.2) is 65.6 Å². The number of benzene rings is 2. The molecule has 2 bridgehead atoms. The van der Waals surface area contributed by atoms with Crippen molar-refractivity contribution in [3.05, 3.63) is 64.7 Å². The van der Waals surface area contributed by atoms with Crippen molar-refractivity contribution in [3.8, 4) is 5.75 Å². The van der Waals surface area contributed by atoms with Gasteiger partial charge in [-0.3, -0.25) is 9.59 Å². The highest BCUT2D eigenvalue weighted by molar-refractivity contribution is 6.00. The smallest absolute Gasteiger partial charge is 0.254 e. The van der Waals surface area contributed by atoms with Gasteiger partial charge in [0.25, 0.3) is 11.8 Å². The van der Waals surface area contributed by atoms with Crippen molar-refractivity contribution < 1.29 is 19.4 Å². The zero-order chi connectivity index (χ0) is 25.0. The topological polar surface area (TPSA) is 70.1 Å². The first-order chi connectivity index (χ1) is 16.7. The number of hydrogen-bond donors (Lipinski definition) is 1. The normalized spacial score (nSPS) is 27.0. The van der Waals surface area contributed by atoms with Gasteiger partial charge in [0.05, 0.1) is 12.6 Å². The number of nitrogens with zero attached hydrogens (tertiary/aromatic N) is 2. The van der Waals surface area contributed by atoms with Gasteiger partial charge in [-0.25, -0.2) is 0 Å². The molecule has 3 atom stereocenters. The lowest BCUT2D eigenvalue weighted by Gasteiger charge is -2.60. The molecule has 3 aliphatic rings. The zero-order valence-corrected chi connectivity index (χ0v) is 21.2. The summed E-state index contributed by atoms with van der Waals surface area (Å²) in [5.41, 5.74) is 2.95. The molecule has 0 aromatic heterocycles. The molecule has 2 heterocycles. The average Bonchev–Trinajstić information content (AvgIpc) is 3.30. The van der Waals surface area contributed by atoms with E-state index in [0.717, 1.165) is 31.4 Å². The van der Waals surface area contributed by atoms with E-state index in [4.69, 9.17) is 4.74 Å². The number of hydrogen-bond acceptors (Lipinski definition) is 4. The molecule has 186 valence electrons. The van der Waals surface area contributed by atoms with Gasteiger partial charge in [-0.05, 0) is 66.5 Å². The van der Waals surface area contributed by atoms with Crippen molar-refractivity contribution in [3.63, 3.8) is 0 Å². The second-order valence-electron chi connectivity index (χ2n) is 11.2. The molecule has 5 rings (SSSR count). The third-order valence-electron chi connectivity index (χ3n) is 9.24. The highest BCUT2D eigenvalue weighted by Gasteiger charge is 2.57. The molecule has 3 unspecified atom stereocenters. The fraction of sp³-hybridized carbons (Fsp3) is 0.517. The van der Waals surface area contributed by atoms with Gasteiger partial charge in [0.1, 0.15) is 5.75 Å². The van der Waals surface area contributed by atoms with Crippen molar-refractivity contribution in [1.82, 2.24) is 9.80 Å². The van der Waals surface area contributed by atoms with Crippen LogP contribution in [-0.2, 0) is 16.6 Å². The number of carbonyl (C=O) groups is 2. The predicted molar refractivity (Wildman–Crippen MR) is 135 cm³/mol. The summed E-state index contributed by atoms with van der Waals surface area (Å²) in [5, 5.41) is 10.6. The van der Waals surface area contributed by atoms with Gasteiger partial charge < -0.3 is 19.6 Å². The van der Waals surface area contributed by atoms with E-state index >= 15 is 0 Å². The van der Waals surface area contributed by atoms with Crippen LogP contribution in [0.15, 0.2) is 42.5 Å². The molecule has 1 aliphatic carbocycles. The number of rotatable bonds is 4. The van der Waals surface area contributed by atoms with Gasteiger partial charge in [-0.2, -0.15) is 0 Å². The first-order valence-corrected chi connectivity index (χ1v) is 12.7. The molecular weight excluding hydrogens is 440 g/mol. The molecule has 2 aromatic carbocycles. The van der Waals surface area contributed by atoms with E-state index in [1.807, 2.05) is 28.0 Å². The number of amides is 2. The number of aromatic hydroxyl groups is 1. The van der Waals surface area contributed by atoms with Crippen molar-refractivity contribution in [2.24, 2.45) is 5.41 Å². The summed E-state index contributed by atoms with van der Waals surface area (Å²) in [6, 6.07) is 13.0. The van der Waals surface area contributed by atoms with Gasteiger partial charge in [0.15, 0.2) is 0 Å². The summed E-state index contributed by atoms with van der Waals surface area (Å²) in [5.74, 6) is 0.225. The largest absolute Gasteiger partial charge is 0.508 e. The van der Waals surface area contributed by atoms with Gasteiger partial charge in [-0.15, -0.1) is 0 Å². The van der Waals surface area contributed by atoms with Gasteiger partial charge in [0.2, 0.25) is 0 Å². The van der Waals surface area contributed by atoms with E-state index < -0.39 is 0 Å². The molecule has 6 heteroatoms. The lowest BCUT2D eigenvalue weighted by Crippen LogP contribution is -2.64. The van der Waals surface area contributed by atoms with Gasteiger partial charge in [0, 0.05) is 42.8 Å². The number of ether oxygens (including phenoxy) is 1. The summed E-state index contributed by atoms with van der Waals surface area (Å²) >= 11 is 0. The number of piperidine rings is 1. The molecule has 2 aliphatic heterocycles. The number of methoxy groups -OCH3 is 1. The molecular formula is C29H36N2O4. The van der Waals surface area contributed by atoms with Gasteiger partial charge in [-0.1, -0.05) is 39.0 Å². The third kappa shape index (κ3) is 3.65. The van der Waals surface area contributed by atoms with E-state index in [0.29, 0.717) is 36.4 Å². The van der Waals surface area contributed by atoms with Crippen LogP contribution in [0.3, 0.4) is 0 Å². The van der Waals surface area contributed by atoms with Gasteiger partial charge >= 0.3 is 0 Å². The lowest BCUT2D eigenvalue weighted by molar-refractivity contribution is -0.0266. The molecule has 2 aromatic rings. The summed E-state index contributed by atoms with van der Waals surface area (Å²) in [4.78, 5) is 31.0. The Morgan fingerprint density at radius 3 is 2.43 bits per heavy atom. The quantitative estimate of drug-likeness (QED) is 0.710. The Morgan fingerprint density at radius 2 is 1.71 bits per heavy atom. The maximum Gasteiger partial charge on any atom is 0.254 e. The first kappa shape index (κ1) is 23.9. The Labute approximate surface area is 207 Å². The summed E-state index contributed by atoms with van der Waals surface area (Å²) < 4.78 is 5.31. The van der Waals surface area contributed by atoms with E-state index in [9.17, 15) is 14.7 Å². The standard InChI is InChI=1S/C29H36N2O4/c1-28(2)25-17-22-23(11-6-12-24(22)32)29(28,3)13-15-31(25)27(34)20-9-5-8-19(16-20)26(33)30-14-7-10-21(30)18-35-4/h5-6,8-9,11-12,16,21,25,32H,7,10,13-15,17-18H2,1-4H3. The summed E-state index contributed by atoms with van der Waals surface area (Å²) in [6.45, 7) is 8.65. The maximum absolute atomic E-state index is 13.9. The highest BCUT2D eigenvalue weighted by atomic mass is 16.5.